The smallest absolute Gasteiger partial charge is 0.325 e. The van der Waals surface area contributed by atoms with Gasteiger partial charge >= 0.3 is 5.97 Å². The number of methoxy groups -OCH3 is 1. The molecule has 5 nitrogen and oxygen atoms in total. The Bertz CT molecular complexity index is 286. The number of hydrogen-bond donors (Lipinski definition) is 1. The Morgan fingerprint density at radius 1 is 1.58 bits per heavy atom. The third-order valence-corrected chi connectivity index (χ3v) is 4.01. The molecule has 0 bridgehead atoms. The van der Waals surface area contributed by atoms with Crippen molar-refractivity contribution in [2.24, 2.45) is 0 Å². The summed E-state index contributed by atoms with van der Waals surface area (Å²) in [6.45, 7) is 7.77. The Kier molecular flexibility index (Phi) is 6.75. The summed E-state index contributed by atoms with van der Waals surface area (Å²) < 4.78 is 10.6. The molecule has 0 aliphatic carbocycles. The van der Waals surface area contributed by atoms with Crippen LogP contribution in [0.1, 0.15) is 33.1 Å². The second-order valence-electron chi connectivity index (χ2n) is 5.38. The van der Waals surface area contributed by atoms with Crippen molar-refractivity contribution < 1.29 is 14.3 Å². The van der Waals surface area contributed by atoms with Gasteiger partial charge in [-0.3, -0.25) is 4.79 Å². The van der Waals surface area contributed by atoms with Gasteiger partial charge in [-0.15, -0.1) is 0 Å². The predicted octanol–water partition coefficient (Wildman–Crippen LogP) is 1.03. The Morgan fingerprint density at radius 3 is 2.89 bits per heavy atom. The van der Waals surface area contributed by atoms with E-state index in [2.05, 4.69) is 17.1 Å². The van der Waals surface area contributed by atoms with Gasteiger partial charge in [-0.05, 0) is 33.2 Å². The van der Waals surface area contributed by atoms with E-state index in [0.717, 1.165) is 45.5 Å². The number of ether oxygens (including phenoxy) is 2. The van der Waals surface area contributed by atoms with Gasteiger partial charge in [-0.2, -0.15) is 0 Å². The third-order valence-electron chi connectivity index (χ3n) is 4.01. The van der Waals surface area contributed by atoms with E-state index < -0.39 is 5.54 Å². The number of carbonyl (C=O) groups is 1. The van der Waals surface area contributed by atoms with Crippen molar-refractivity contribution in [3.8, 4) is 0 Å². The molecule has 0 spiro atoms. The second-order valence-corrected chi connectivity index (χ2v) is 5.38. The van der Waals surface area contributed by atoms with E-state index >= 15 is 0 Å². The first-order chi connectivity index (χ1) is 9.05. The minimum Gasteiger partial charge on any atom is -0.468 e. The van der Waals surface area contributed by atoms with Crippen molar-refractivity contribution in [3.63, 3.8) is 0 Å². The summed E-state index contributed by atoms with van der Waals surface area (Å²) in [5.74, 6) is -0.201. The summed E-state index contributed by atoms with van der Waals surface area (Å²) in [7, 11) is 3.24. The summed E-state index contributed by atoms with van der Waals surface area (Å²) in [5.41, 5.74) is -0.608. The van der Waals surface area contributed by atoms with Crippen LogP contribution in [-0.2, 0) is 14.3 Å². The quantitative estimate of drug-likeness (QED) is 0.732. The Morgan fingerprint density at radius 2 is 2.32 bits per heavy atom. The zero-order valence-corrected chi connectivity index (χ0v) is 12.7. The van der Waals surface area contributed by atoms with E-state index in [9.17, 15) is 4.79 Å². The second kappa shape index (κ2) is 7.82. The number of nitrogens with one attached hydrogen (secondary N) is 1. The van der Waals surface area contributed by atoms with Gasteiger partial charge in [0, 0.05) is 26.2 Å². The lowest BCUT2D eigenvalue weighted by atomic mass is 9.98. The third kappa shape index (κ3) is 4.75. The molecule has 0 aromatic rings. The Labute approximate surface area is 116 Å². The minimum atomic E-state index is -0.608. The molecule has 1 rings (SSSR count). The van der Waals surface area contributed by atoms with E-state index in [0.29, 0.717) is 6.10 Å². The maximum Gasteiger partial charge on any atom is 0.325 e. The first-order valence-electron chi connectivity index (χ1n) is 7.17. The van der Waals surface area contributed by atoms with E-state index in [4.69, 9.17) is 9.47 Å². The van der Waals surface area contributed by atoms with E-state index in [1.54, 1.807) is 7.05 Å². The van der Waals surface area contributed by atoms with Crippen LogP contribution in [0.4, 0.5) is 0 Å². The molecular formula is C14H28N2O3. The van der Waals surface area contributed by atoms with Gasteiger partial charge in [0.05, 0.1) is 13.2 Å². The molecule has 2 atom stereocenters. The van der Waals surface area contributed by atoms with Crippen molar-refractivity contribution in [3.05, 3.63) is 0 Å². The molecule has 0 saturated carbocycles. The number of rotatable bonds is 6. The molecule has 1 aliphatic heterocycles. The van der Waals surface area contributed by atoms with Crippen molar-refractivity contribution in [1.82, 2.24) is 10.2 Å². The van der Waals surface area contributed by atoms with Crippen LogP contribution >= 0.6 is 0 Å². The van der Waals surface area contributed by atoms with Crippen LogP contribution in [0.5, 0.6) is 0 Å². The molecule has 1 N–H and O–H groups in total. The number of carbonyl (C=O) groups excluding carboxylic acids is 1. The van der Waals surface area contributed by atoms with Crippen LogP contribution in [-0.4, -0.2) is 62.9 Å². The molecule has 5 heteroatoms. The number of likely N-dealkylation sites (N-methyl/N-ethyl adjacent to an activating group) is 1. The number of esters is 1. The molecule has 0 aromatic carbocycles. The lowest BCUT2D eigenvalue weighted by Gasteiger charge is -2.30. The fourth-order valence-corrected chi connectivity index (χ4v) is 2.36. The highest BCUT2D eigenvalue weighted by Crippen LogP contribution is 2.15. The molecule has 1 saturated heterocycles. The molecule has 1 fully saturated rings. The van der Waals surface area contributed by atoms with Gasteiger partial charge in [0.25, 0.3) is 0 Å². The van der Waals surface area contributed by atoms with Crippen LogP contribution < -0.4 is 5.32 Å². The molecule has 112 valence electrons. The van der Waals surface area contributed by atoms with E-state index in [1.807, 2.05) is 6.92 Å². The molecule has 1 heterocycles. The standard InChI is InChI=1S/C14H28N2O3/c1-5-12-11-16(8-6-10-19-12)9-7-14(2,15-3)13(17)18-4/h12,15H,5-11H2,1-4H3. The molecule has 1 aliphatic rings. The van der Waals surface area contributed by atoms with Crippen LogP contribution in [0.3, 0.4) is 0 Å². The van der Waals surface area contributed by atoms with Crippen LogP contribution in [0.25, 0.3) is 0 Å². The summed E-state index contributed by atoms with van der Waals surface area (Å²) >= 11 is 0. The Balaban J connectivity index is 2.51. The highest BCUT2D eigenvalue weighted by atomic mass is 16.5. The molecule has 0 amide bonds. The largest absolute Gasteiger partial charge is 0.468 e. The van der Waals surface area contributed by atoms with Gasteiger partial charge < -0.3 is 19.7 Å². The predicted molar refractivity (Wildman–Crippen MR) is 75.2 cm³/mol. The summed E-state index contributed by atoms with van der Waals surface area (Å²) in [5, 5.41) is 3.08. The van der Waals surface area contributed by atoms with Crippen molar-refractivity contribution in [2.45, 2.75) is 44.8 Å². The average Bonchev–Trinajstić information content (AvgIpc) is 2.68. The Hall–Kier alpha value is -0.650. The van der Waals surface area contributed by atoms with Crippen molar-refractivity contribution in [2.75, 3.05) is 40.4 Å². The molecular weight excluding hydrogens is 244 g/mol. The number of hydrogen-bond acceptors (Lipinski definition) is 5. The lowest BCUT2D eigenvalue weighted by Crippen LogP contribution is -2.50. The molecule has 19 heavy (non-hydrogen) atoms. The maximum atomic E-state index is 11.8. The fourth-order valence-electron chi connectivity index (χ4n) is 2.36. The van der Waals surface area contributed by atoms with Gasteiger partial charge in [-0.1, -0.05) is 6.92 Å². The van der Waals surface area contributed by atoms with E-state index in [-0.39, 0.29) is 5.97 Å². The zero-order chi connectivity index (χ0) is 14.3. The summed E-state index contributed by atoms with van der Waals surface area (Å²) in [6, 6.07) is 0. The van der Waals surface area contributed by atoms with Gasteiger partial charge in [-0.25, -0.2) is 0 Å². The van der Waals surface area contributed by atoms with Crippen LogP contribution in [0, 0.1) is 0 Å². The number of nitrogens with zero attached hydrogens (tertiary/aromatic N) is 1. The molecule has 0 radical (unpaired) electrons. The zero-order valence-electron chi connectivity index (χ0n) is 12.7. The van der Waals surface area contributed by atoms with Crippen molar-refractivity contribution >= 4 is 5.97 Å². The average molecular weight is 272 g/mol. The monoisotopic (exact) mass is 272 g/mol. The highest BCUT2D eigenvalue weighted by molar-refractivity contribution is 5.80. The molecule has 0 aromatic heterocycles. The van der Waals surface area contributed by atoms with Crippen molar-refractivity contribution in [1.29, 1.82) is 0 Å². The first kappa shape index (κ1) is 16.4. The van der Waals surface area contributed by atoms with Gasteiger partial charge in [0.2, 0.25) is 0 Å². The fraction of sp³-hybridized carbons (Fsp3) is 0.929. The SMILES string of the molecule is CCC1CN(CCC(C)(NC)C(=O)OC)CCCO1. The summed E-state index contributed by atoms with van der Waals surface area (Å²) in [6.07, 6.45) is 3.16. The van der Waals surface area contributed by atoms with Gasteiger partial charge in [0.1, 0.15) is 5.54 Å². The van der Waals surface area contributed by atoms with Gasteiger partial charge in [0.15, 0.2) is 0 Å². The lowest BCUT2D eigenvalue weighted by molar-refractivity contribution is -0.148. The minimum absolute atomic E-state index is 0.201. The van der Waals surface area contributed by atoms with E-state index in [1.165, 1.54) is 7.11 Å². The topological polar surface area (TPSA) is 50.8 Å². The first-order valence-corrected chi connectivity index (χ1v) is 7.17. The maximum absolute atomic E-state index is 11.8. The summed E-state index contributed by atoms with van der Waals surface area (Å²) in [4.78, 5) is 14.2. The van der Waals surface area contributed by atoms with Crippen LogP contribution in [0.2, 0.25) is 0 Å². The highest BCUT2D eigenvalue weighted by Gasteiger charge is 2.33. The normalized spacial score (nSPS) is 24.5. The molecule has 2 unspecified atom stereocenters. The van der Waals surface area contributed by atoms with Crippen LogP contribution in [0.15, 0.2) is 0 Å².